The summed E-state index contributed by atoms with van der Waals surface area (Å²) >= 11 is 0. The number of aromatic nitrogens is 4. The van der Waals surface area contributed by atoms with Crippen LogP contribution in [-0.4, -0.2) is 52.4 Å². The molecular weight excluding hydrogens is 268 g/mol. The molecule has 0 amide bonds. The minimum absolute atomic E-state index is 0.656. The van der Waals surface area contributed by atoms with Gasteiger partial charge in [0, 0.05) is 20.1 Å². The third kappa shape index (κ3) is 5.03. The molecule has 2 rings (SSSR count). The predicted molar refractivity (Wildman–Crippen MR) is 81.2 cm³/mol. The Hall–Kier alpha value is -2.15. The lowest BCUT2D eigenvalue weighted by atomic mass is 10.2. The molecule has 7 nitrogen and oxygen atoms in total. The van der Waals surface area contributed by atoms with Gasteiger partial charge < -0.3 is 15.0 Å². The van der Waals surface area contributed by atoms with Crippen LogP contribution >= 0.6 is 0 Å². The Bertz CT molecular complexity index is 554. The smallest absolute Gasteiger partial charge is 0.242 e. The minimum Gasteiger partial charge on any atom is -0.494 e. The molecule has 0 bridgehead atoms. The van der Waals surface area contributed by atoms with Gasteiger partial charge in [-0.15, -0.1) is 0 Å². The molecule has 0 saturated carbocycles. The average molecular weight is 290 g/mol. The van der Waals surface area contributed by atoms with Crippen molar-refractivity contribution in [3.05, 3.63) is 29.8 Å². The maximum atomic E-state index is 5.76. The normalized spacial score (nSPS) is 10.9. The third-order valence-electron chi connectivity index (χ3n) is 2.89. The summed E-state index contributed by atoms with van der Waals surface area (Å²) < 4.78 is 7.36. The van der Waals surface area contributed by atoms with Crippen molar-refractivity contribution in [1.82, 2.24) is 25.1 Å². The lowest BCUT2D eigenvalue weighted by Gasteiger charge is -2.11. The Morgan fingerprint density at radius 2 is 2.19 bits per heavy atom. The number of aryl methyl sites for hydroxylation is 1. The summed E-state index contributed by atoms with van der Waals surface area (Å²) in [7, 11) is 5.91. The summed E-state index contributed by atoms with van der Waals surface area (Å²) in [4.78, 5) is 2.14. The van der Waals surface area contributed by atoms with Crippen molar-refractivity contribution in [3.63, 3.8) is 0 Å². The van der Waals surface area contributed by atoms with Crippen molar-refractivity contribution in [2.75, 3.05) is 32.6 Å². The second-order valence-corrected chi connectivity index (χ2v) is 5.14. The topological polar surface area (TPSA) is 68.1 Å². The molecule has 0 aliphatic heterocycles. The summed E-state index contributed by atoms with van der Waals surface area (Å²) in [6, 6.07) is 8.20. The quantitative estimate of drug-likeness (QED) is 0.736. The third-order valence-corrected chi connectivity index (χ3v) is 2.89. The van der Waals surface area contributed by atoms with Crippen molar-refractivity contribution in [3.8, 4) is 5.75 Å². The van der Waals surface area contributed by atoms with E-state index in [4.69, 9.17) is 4.74 Å². The van der Waals surface area contributed by atoms with Crippen LogP contribution in [0.1, 0.15) is 12.0 Å². The van der Waals surface area contributed by atoms with Crippen LogP contribution in [0.2, 0.25) is 0 Å². The van der Waals surface area contributed by atoms with Crippen molar-refractivity contribution in [2.45, 2.75) is 13.0 Å². The number of nitrogens with one attached hydrogen (secondary N) is 1. The predicted octanol–water partition coefficient (Wildman–Crippen LogP) is 1.15. The number of ether oxygens (including phenoxy) is 1. The molecule has 21 heavy (non-hydrogen) atoms. The fourth-order valence-electron chi connectivity index (χ4n) is 1.94. The summed E-state index contributed by atoms with van der Waals surface area (Å²) in [5, 5.41) is 14.3. The molecule has 0 fully saturated rings. The van der Waals surface area contributed by atoms with Crippen LogP contribution in [-0.2, 0) is 13.6 Å². The van der Waals surface area contributed by atoms with E-state index < -0.39 is 0 Å². The number of anilines is 1. The van der Waals surface area contributed by atoms with Gasteiger partial charge in [0.25, 0.3) is 0 Å². The van der Waals surface area contributed by atoms with Crippen molar-refractivity contribution < 1.29 is 4.74 Å². The van der Waals surface area contributed by atoms with Crippen LogP contribution in [0.25, 0.3) is 0 Å². The molecule has 0 spiro atoms. The number of benzene rings is 1. The first-order valence-corrected chi connectivity index (χ1v) is 6.98. The number of rotatable bonds is 8. The standard InChI is InChI=1S/C14H22N6O/c1-19(2)11-12-6-4-7-13(10-12)21-9-5-8-15-14-16-17-18-20(14)3/h4,6-7,10H,5,8-9,11H2,1-3H3,(H,15,16,18). The number of hydrogen-bond donors (Lipinski definition) is 1. The van der Waals surface area contributed by atoms with E-state index in [9.17, 15) is 0 Å². The zero-order valence-corrected chi connectivity index (χ0v) is 12.8. The molecule has 1 aromatic carbocycles. The highest BCUT2D eigenvalue weighted by Crippen LogP contribution is 2.14. The minimum atomic E-state index is 0.656. The molecule has 0 aliphatic carbocycles. The molecule has 1 aromatic heterocycles. The van der Waals surface area contributed by atoms with Gasteiger partial charge in [-0.1, -0.05) is 17.2 Å². The van der Waals surface area contributed by atoms with Crippen LogP contribution < -0.4 is 10.1 Å². The van der Waals surface area contributed by atoms with Gasteiger partial charge in [-0.3, -0.25) is 0 Å². The van der Waals surface area contributed by atoms with Gasteiger partial charge in [-0.25, -0.2) is 4.68 Å². The lowest BCUT2D eigenvalue weighted by molar-refractivity contribution is 0.313. The molecule has 0 radical (unpaired) electrons. The number of tetrazole rings is 1. The molecule has 2 aromatic rings. The van der Waals surface area contributed by atoms with Gasteiger partial charge >= 0.3 is 0 Å². The van der Waals surface area contributed by atoms with Crippen LogP contribution in [0, 0.1) is 0 Å². The zero-order chi connectivity index (χ0) is 15.1. The Morgan fingerprint density at radius 3 is 2.90 bits per heavy atom. The largest absolute Gasteiger partial charge is 0.494 e. The Morgan fingerprint density at radius 1 is 1.33 bits per heavy atom. The van der Waals surface area contributed by atoms with Gasteiger partial charge in [0.2, 0.25) is 5.95 Å². The fourth-order valence-corrected chi connectivity index (χ4v) is 1.94. The maximum Gasteiger partial charge on any atom is 0.242 e. The van der Waals surface area contributed by atoms with Crippen molar-refractivity contribution in [2.24, 2.45) is 7.05 Å². The molecule has 1 N–H and O–H groups in total. The Labute approximate surface area is 124 Å². The van der Waals surface area contributed by atoms with Gasteiger partial charge in [0.1, 0.15) is 5.75 Å². The van der Waals surface area contributed by atoms with E-state index in [1.807, 2.05) is 12.1 Å². The average Bonchev–Trinajstić information content (AvgIpc) is 2.84. The first-order valence-electron chi connectivity index (χ1n) is 6.98. The molecule has 0 aliphatic rings. The van der Waals surface area contributed by atoms with E-state index >= 15 is 0 Å². The van der Waals surface area contributed by atoms with Crippen LogP contribution in [0.15, 0.2) is 24.3 Å². The fraction of sp³-hybridized carbons (Fsp3) is 0.500. The molecular formula is C14H22N6O. The highest BCUT2D eigenvalue weighted by molar-refractivity contribution is 5.28. The summed E-state index contributed by atoms with van der Waals surface area (Å²) in [6.07, 6.45) is 0.880. The van der Waals surface area contributed by atoms with Crippen LogP contribution in [0.5, 0.6) is 5.75 Å². The molecule has 0 unspecified atom stereocenters. The maximum absolute atomic E-state index is 5.76. The second-order valence-electron chi connectivity index (χ2n) is 5.14. The van der Waals surface area contributed by atoms with Gasteiger partial charge in [-0.05, 0) is 48.6 Å². The van der Waals surface area contributed by atoms with Crippen LogP contribution in [0.4, 0.5) is 5.95 Å². The molecule has 0 saturated heterocycles. The van der Waals surface area contributed by atoms with E-state index in [2.05, 4.69) is 52.0 Å². The van der Waals surface area contributed by atoms with Gasteiger partial charge in [0.05, 0.1) is 6.61 Å². The second kappa shape index (κ2) is 7.58. The zero-order valence-electron chi connectivity index (χ0n) is 12.8. The van der Waals surface area contributed by atoms with E-state index in [1.54, 1.807) is 11.7 Å². The number of hydrogen-bond acceptors (Lipinski definition) is 6. The summed E-state index contributed by atoms with van der Waals surface area (Å²) in [6.45, 7) is 2.34. The highest BCUT2D eigenvalue weighted by Gasteiger charge is 2.01. The van der Waals surface area contributed by atoms with E-state index in [-0.39, 0.29) is 0 Å². The lowest BCUT2D eigenvalue weighted by Crippen LogP contribution is -2.11. The Kier molecular flexibility index (Phi) is 5.51. The number of nitrogens with zero attached hydrogens (tertiary/aromatic N) is 5. The SMILES string of the molecule is CN(C)Cc1cccc(OCCCNc2nnnn2C)c1. The van der Waals surface area contributed by atoms with Crippen molar-refractivity contribution >= 4 is 5.95 Å². The first-order chi connectivity index (χ1) is 10.1. The van der Waals surface area contributed by atoms with Crippen molar-refractivity contribution in [1.29, 1.82) is 0 Å². The molecule has 0 atom stereocenters. The molecule has 7 heteroatoms. The van der Waals surface area contributed by atoms with E-state index in [1.165, 1.54) is 5.56 Å². The van der Waals surface area contributed by atoms with E-state index in [0.717, 1.165) is 25.3 Å². The monoisotopic (exact) mass is 290 g/mol. The summed E-state index contributed by atoms with van der Waals surface area (Å²) in [5.41, 5.74) is 1.25. The van der Waals surface area contributed by atoms with Gasteiger partial charge in [0.15, 0.2) is 0 Å². The molecule has 114 valence electrons. The van der Waals surface area contributed by atoms with Gasteiger partial charge in [-0.2, -0.15) is 0 Å². The highest BCUT2D eigenvalue weighted by atomic mass is 16.5. The van der Waals surface area contributed by atoms with Crippen LogP contribution in [0.3, 0.4) is 0 Å². The molecule has 1 heterocycles. The Balaban J connectivity index is 1.70. The van der Waals surface area contributed by atoms with E-state index in [0.29, 0.717) is 12.6 Å². The first kappa shape index (κ1) is 15.2. The summed E-state index contributed by atoms with van der Waals surface area (Å²) in [5.74, 6) is 1.58.